The highest BCUT2D eigenvalue weighted by molar-refractivity contribution is 7.20. The van der Waals surface area contributed by atoms with Crippen LogP contribution < -0.4 is 15.1 Å². The number of amides is 1. The Morgan fingerprint density at radius 1 is 1.15 bits per heavy atom. The lowest BCUT2D eigenvalue weighted by molar-refractivity contribution is 0.0949. The minimum atomic E-state index is -0.217. The average molecular weight is 383 g/mol. The lowest BCUT2D eigenvalue weighted by atomic mass is 10.3. The van der Waals surface area contributed by atoms with Gasteiger partial charge in [-0.1, -0.05) is 12.1 Å². The number of anilines is 2. The second-order valence-corrected chi connectivity index (χ2v) is 7.64. The molecule has 0 unspecified atom stereocenters. The van der Waals surface area contributed by atoms with Gasteiger partial charge in [-0.3, -0.25) is 4.79 Å². The zero-order valence-corrected chi connectivity index (χ0v) is 16.2. The third kappa shape index (κ3) is 3.82. The topological polar surface area (TPSA) is 87.1 Å². The van der Waals surface area contributed by atoms with Crippen LogP contribution in [0.4, 0.5) is 11.9 Å². The van der Waals surface area contributed by atoms with Gasteiger partial charge in [0.15, 0.2) is 10.8 Å². The molecular weight excluding hydrogens is 362 g/mol. The predicted molar refractivity (Wildman–Crippen MR) is 106 cm³/mol. The molecule has 0 spiro atoms. The summed E-state index contributed by atoms with van der Waals surface area (Å²) < 4.78 is 0.994. The Hall–Kier alpha value is -2.81. The monoisotopic (exact) mass is 383 g/mol. The van der Waals surface area contributed by atoms with Crippen molar-refractivity contribution >= 4 is 39.4 Å². The smallest absolute Gasteiger partial charge is 0.280 e. The summed E-state index contributed by atoms with van der Waals surface area (Å²) in [5, 5.41) is 3.32. The van der Waals surface area contributed by atoms with E-state index in [4.69, 9.17) is 0 Å². The molecule has 27 heavy (non-hydrogen) atoms. The van der Waals surface area contributed by atoms with Crippen LogP contribution in [0.5, 0.6) is 0 Å². The fraction of sp³-hybridized carbons (Fsp3) is 0.389. The molecule has 0 saturated carbocycles. The number of fused-ring (bicyclic) bond motifs is 1. The molecule has 1 aliphatic rings. The molecule has 0 atom stereocenters. The standard InChI is InChI=1S/C18H21N7OS/c1-24(2)17-21-14(22-18(23-17)25-9-5-6-10-25)11-19-15(26)16-20-12-7-3-4-8-13(12)27-16/h3-4,7-8H,5-6,9-11H2,1-2H3,(H,19,26). The molecule has 1 aliphatic heterocycles. The molecule has 1 fully saturated rings. The van der Waals surface area contributed by atoms with Crippen LogP contribution in [0.25, 0.3) is 10.2 Å². The maximum Gasteiger partial charge on any atom is 0.280 e. The van der Waals surface area contributed by atoms with Crippen molar-refractivity contribution in [2.24, 2.45) is 0 Å². The van der Waals surface area contributed by atoms with Crippen LogP contribution in [0, 0.1) is 0 Å². The zero-order chi connectivity index (χ0) is 18.8. The van der Waals surface area contributed by atoms with Crippen molar-refractivity contribution < 1.29 is 4.79 Å². The summed E-state index contributed by atoms with van der Waals surface area (Å²) in [6, 6.07) is 7.72. The highest BCUT2D eigenvalue weighted by atomic mass is 32.1. The van der Waals surface area contributed by atoms with Gasteiger partial charge in [0.2, 0.25) is 11.9 Å². The second-order valence-electron chi connectivity index (χ2n) is 6.61. The first-order chi connectivity index (χ1) is 13.1. The van der Waals surface area contributed by atoms with Gasteiger partial charge in [-0.15, -0.1) is 11.3 Å². The molecule has 1 aromatic carbocycles. The van der Waals surface area contributed by atoms with Crippen LogP contribution in [0.3, 0.4) is 0 Å². The number of carbonyl (C=O) groups is 1. The van der Waals surface area contributed by atoms with Gasteiger partial charge in [0.25, 0.3) is 5.91 Å². The summed E-state index contributed by atoms with van der Waals surface area (Å²) in [6.45, 7) is 2.14. The molecule has 0 aliphatic carbocycles. The summed E-state index contributed by atoms with van der Waals surface area (Å²) in [5.41, 5.74) is 0.832. The highest BCUT2D eigenvalue weighted by Crippen LogP contribution is 2.21. The predicted octanol–water partition coefficient (Wildman–Crippen LogP) is 2.08. The number of benzene rings is 1. The van der Waals surface area contributed by atoms with Crippen LogP contribution in [-0.2, 0) is 6.54 Å². The van der Waals surface area contributed by atoms with E-state index in [9.17, 15) is 4.79 Å². The molecule has 1 saturated heterocycles. The molecule has 2 aromatic heterocycles. The van der Waals surface area contributed by atoms with Crippen molar-refractivity contribution in [3.8, 4) is 0 Å². The molecule has 8 nitrogen and oxygen atoms in total. The number of hydrogen-bond acceptors (Lipinski definition) is 8. The van der Waals surface area contributed by atoms with Crippen molar-refractivity contribution in [1.29, 1.82) is 0 Å². The molecule has 0 bridgehead atoms. The number of nitrogens with one attached hydrogen (secondary N) is 1. The van der Waals surface area contributed by atoms with Crippen LogP contribution in [0.15, 0.2) is 24.3 Å². The number of nitrogens with zero attached hydrogens (tertiary/aromatic N) is 6. The first-order valence-electron chi connectivity index (χ1n) is 8.91. The number of thiazole rings is 1. The number of aromatic nitrogens is 4. The molecule has 3 heterocycles. The van der Waals surface area contributed by atoms with Crippen molar-refractivity contribution in [2.75, 3.05) is 37.0 Å². The van der Waals surface area contributed by atoms with Crippen LogP contribution in [-0.4, -0.2) is 53.0 Å². The van der Waals surface area contributed by atoms with E-state index in [0.717, 1.165) is 36.1 Å². The fourth-order valence-corrected chi connectivity index (χ4v) is 3.82. The number of rotatable bonds is 5. The number of hydrogen-bond donors (Lipinski definition) is 1. The first kappa shape index (κ1) is 17.6. The van der Waals surface area contributed by atoms with Gasteiger partial charge in [0, 0.05) is 27.2 Å². The Morgan fingerprint density at radius 3 is 2.67 bits per heavy atom. The summed E-state index contributed by atoms with van der Waals surface area (Å²) in [6.07, 6.45) is 2.29. The van der Waals surface area contributed by atoms with Gasteiger partial charge in [0.1, 0.15) is 0 Å². The van der Waals surface area contributed by atoms with Crippen LogP contribution in [0.2, 0.25) is 0 Å². The largest absolute Gasteiger partial charge is 0.347 e. The lowest BCUT2D eigenvalue weighted by Crippen LogP contribution is -2.27. The van der Waals surface area contributed by atoms with Crippen molar-refractivity contribution in [2.45, 2.75) is 19.4 Å². The first-order valence-corrected chi connectivity index (χ1v) is 9.73. The van der Waals surface area contributed by atoms with E-state index in [1.807, 2.05) is 43.3 Å². The Morgan fingerprint density at radius 2 is 1.93 bits per heavy atom. The van der Waals surface area contributed by atoms with Gasteiger partial charge in [-0.05, 0) is 25.0 Å². The summed E-state index contributed by atoms with van der Waals surface area (Å²) in [5.74, 6) is 1.60. The maximum atomic E-state index is 12.5. The van der Waals surface area contributed by atoms with E-state index in [2.05, 4.69) is 30.2 Å². The maximum absolute atomic E-state index is 12.5. The molecule has 4 rings (SSSR count). The van der Waals surface area contributed by atoms with Crippen molar-refractivity contribution in [1.82, 2.24) is 25.3 Å². The average Bonchev–Trinajstić information content (AvgIpc) is 3.35. The normalized spacial score (nSPS) is 13.9. The van der Waals surface area contributed by atoms with Crippen molar-refractivity contribution in [3.05, 3.63) is 35.1 Å². The summed E-state index contributed by atoms with van der Waals surface area (Å²) in [4.78, 5) is 34.4. The van der Waals surface area contributed by atoms with E-state index < -0.39 is 0 Å². The summed E-state index contributed by atoms with van der Waals surface area (Å²) >= 11 is 1.38. The van der Waals surface area contributed by atoms with E-state index in [1.165, 1.54) is 11.3 Å². The van der Waals surface area contributed by atoms with Crippen LogP contribution >= 0.6 is 11.3 Å². The molecule has 1 amide bonds. The number of para-hydroxylation sites is 1. The Bertz CT molecular complexity index is 932. The Labute approximate surface area is 161 Å². The van der Waals surface area contributed by atoms with Gasteiger partial charge in [-0.2, -0.15) is 15.0 Å². The summed E-state index contributed by atoms with van der Waals surface area (Å²) in [7, 11) is 3.79. The molecule has 9 heteroatoms. The van der Waals surface area contributed by atoms with Gasteiger partial charge in [-0.25, -0.2) is 4.98 Å². The molecule has 140 valence electrons. The zero-order valence-electron chi connectivity index (χ0n) is 15.3. The van der Waals surface area contributed by atoms with Crippen LogP contribution in [0.1, 0.15) is 28.5 Å². The fourth-order valence-electron chi connectivity index (χ4n) is 2.94. The lowest BCUT2D eigenvalue weighted by Gasteiger charge is -2.18. The molecular formula is C18H21N7OS. The van der Waals surface area contributed by atoms with E-state index in [-0.39, 0.29) is 12.5 Å². The van der Waals surface area contributed by atoms with E-state index in [0.29, 0.717) is 22.7 Å². The number of carbonyl (C=O) groups excluding carboxylic acids is 1. The van der Waals surface area contributed by atoms with Crippen molar-refractivity contribution in [3.63, 3.8) is 0 Å². The minimum absolute atomic E-state index is 0.217. The Kier molecular flexibility index (Phi) is 4.85. The van der Waals surface area contributed by atoms with E-state index >= 15 is 0 Å². The molecule has 1 N–H and O–H groups in total. The van der Waals surface area contributed by atoms with Gasteiger partial charge >= 0.3 is 0 Å². The highest BCUT2D eigenvalue weighted by Gasteiger charge is 2.19. The SMILES string of the molecule is CN(C)c1nc(CNC(=O)c2nc3ccccc3s2)nc(N2CCCC2)n1. The Balaban J connectivity index is 1.51. The third-order valence-corrected chi connectivity index (χ3v) is 5.38. The quantitative estimate of drug-likeness (QED) is 0.722. The molecule has 0 radical (unpaired) electrons. The van der Waals surface area contributed by atoms with Gasteiger partial charge < -0.3 is 15.1 Å². The third-order valence-electron chi connectivity index (χ3n) is 4.34. The second kappa shape index (κ2) is 7.43. The molecule has 3 aromatic rings. The minimum Gasteiger partial charge on any atom is -0.347 e. The van der Waals surface area contributed by atoms with E-state index in [1.54, 1.807) is 0 Å². The van der Waals surface area contributed by atoms with Gasteiger partial charge in [0.05, 0.1) is 16.8 Å².